The molecular weight excluding hydrogens is 519 g/mol. The summed E-state index contributed by atoms with van der Waals surface area (Å²) in [5, 5.41) is 6.60. The van der Waals surface area contributed by atoms with E-state index in [9.17, 15) is 8.42 Å². The predicted octanol–water partition coefficient (Wildman–Crippen LogP) is 3.62. The molecule has 0 bridgehead atoms. The van der Waals surface area contributed by atoms with Gasteiger partial charge < -0.3 is 10.6 Å². The summed E-state index contributed by atoms with van der Waals surface area (Å²) >= 11 is 1.81. The van der Waals surface area contributed by atoms with Gasteiger partial charge in [-0.3, -0.25) is 4.99 Å². The molecule has 0 fully saturated rings. The molecule has 0 amide bonds. The number of hydrogen-bond donors (Lipinski definition) is 3. The highest BCUT2D eigenvalue weighted by atomic mass is 127. The van der Waals surface area contributed by atoms with E-state index in [1.165, 1.54) is 9.75 Å². The smallest absolute Gasteiger partial charge is 0.216 e. The van der Waals surface area contributed by atoms with Crippen molar-refractivity contribution in [1.29, 1.82) is 0 Å². The number of rotatable bonds is 9. The number of benzene rings is 1. The Morgan fingerprint density at radius 3 is 2.14 bits per heavy atom. The first-order chi connectivity index (χ1) is 13.3. The third kappa shape index (κ3) is 9.45. The van der Waals surface area contributed by atoms with Crippen molar-refractivity contribution in [1.82, 2.24) is 15.4 Å². The van der Waals surface area contributed by atoms with Crippen LogP contribution in [0.4, 0.5) is 0 Å². The van der Waals surface area contributed by atoms with Gasteiger partial charge in [0.1, 0.15) is 0 Å². The second-order valence-electron chi connectivity index (χ2n) is 6.85. The van der Waals surface area contributed by atoms with Gasteiger partial charge in [0.2, 0.25) is 10.0 Å². The zero-order valence-electron chi connectivity index (χ0n) is 17.4. The van der Waals surface area contributed by atoms with Crippen molar-refractivity contribution >= 4 is 51.3 Å². The van der Waals surface area contributed by atoms with Gasteiger partial charge in [0, 0.05) is 29.4 Å². The number of guanidine groups is 1. The van der Waals surface area contributed by atoms with E-state index in [1.54, 1.807) is 7.05 Å². The molecule has 0 aliphatic carbocycles. The molecule has 6 nitrogen and oxygen atoms in total. The summed E-state index contributed by atoms with van der Waals surface area (Å²) in [5.41, 5.74) is 1.83. The quantitative estimate of drug-likeness (QED) is 0.253. The highest BCUT2D eigenvalue weighted by Crippen LogP contribution is 2.16. The Hall–Kier alpha value is -1.17. The minimum Gasteiger partial charge on any atom is -0.352 e. The van der Waals surface area contributed by atoms with Crippen molar-refractivity contribution in [2.45, 2.75) is 52.1 Å². The lowest BCUT2D eigenvalue weighted by molar-refractivity contribution is 0.569. The summed E-state index contributed by atoms with van der Waals surface area (Å²) in [5.74, 6) is 0.724. The van der Waals surface area contributed by atoms with Gasteiger partial charge in [0.05, 0.1) is 12.3 Å². The van der Waals surface area contributed by atoms with Crippen LogP contribution in [0, 0.1) is 0 Å². The minimum absolute atomic E-state index is 0. The monoisotopic (exact) mass is 550 g/mol. The van der Waals surface area contributed by atoms with E-state index in [-0.39, 0.29) is 35.8 Å². The van der Waals surface area contributed by atoms with Gasteiger partial charge in [0.25, 0.3) is 0 Å². The van der Waals surface area contributed by atoms with Gasteiger partial charge >= 0.3 is 0 Å². The van der Waals surface area contributed by atoms with Crippen LogP contribution < -0.4 is 15.4 Å². The molecule has 1 aromatic heterocycles. The maximum absolute atomic E-state index is 12.0. The van der Waals surface area contributed by atoms with E-state index in [4.69, 9.17) is 0 Å². The lowest BCUT2D eigenvalue weighted by atomic mass is 10.1. The van der Waals surface area contributed by atoms with Crippen molar-refractivity contribution in [2.24, 2.45) is 4.99 Å². The second kappa shape index (κ2) is 12.5. The highest BCUT2D eigenvalue weighted by molar-refractivity contribution is 14.0. The third-order valence-electron chi connectivity index (χ3n) is 3.97. The van der Waals surface area contributed by atoms with Crippen molar-refractivity contribution in [3.8, 4) is 0 Å². The van der Waals surface area contributed by atoms with Crippen LogP contribution in [0.2, 0.25) is 0 Å². The van der Waals surface area contributed by atoms with Crippen LogP contribution in [0.5, 0.6) is 0 Å². The number of nitrogens with one attached hydrogen (secondary N) is 3. The average Bonchev–Trinajstić information content (AvgIpc) is 3.10. The molecule has 0 aliphatic heterocycles. The van der Waals surface area contributed by atoms with Gasteiger partial charge in [0.15, 0.2) is 5.96 Å². The molecule has 0 atom stereocenters. The van der Waals surface area contributed by atoms with E-state index in [1.807, 2.05) is 49.4 Å². The first-order valence-electron chi connectivity index (χ1n) is 9.41. The number of hydrogen-bond acceptors (Lipinski definition) is 4. The predicted molar refractivity (Wildman–Crippen MR) is 133 cm³/mol. The van der Waals surface area contributed by atoms with E-state index < -0.39 is 10.0 Å². The van der Waals surface area contributed by atoms with E-state index in [2.05, 4.69) is 39.4 Å². The largest absolute Gasteiger partial charge is 0.352 e. The van der Waals surface area contributed by atoms with Crippen molar-refractivity contribution in [3.63, 3.8) is 0 Å². The number of aryl methyl sites for hydroxylation is 1. The Balaban J connectivity index is 0.00000420. The topological polar surface area (TPSA) is 82.6 Å². The SMILES string of the molecule is CCc1ccc(CNC(=NC)NCc2ccc(CS(=O)(=O)NC(C)C)cc2)s1.I. The van der Waals surface area contributed by atoms with Crippen LogP contribution in [0.1, 0.15) is 41.7 Å². The molecule has 162 valence electrons. The molecule has 1 aromatic carbocycles. The van der Waals surface area contributed by atoms with Crippen molar-refractivity contribution in [2.75, 3.05) is 7.05 Å². The van der Waals surface area contributed by atoms with Crippen LogP contribution >= 0.6 is 35.3 Å². The number of nitrogens with zero attached hydrogens (tertiary/aromatic N) is 1. The molecular formula is C20H31IN4O2S2. The van der Waals surface area contributed by atoms with Crippen LogP contribution in [-0.2, 0) is 35.3 Å². The molecule has 29 heavy (non-hydrogen) atoms. The second-order valence-corrected chi connectivity index (χ2v) is 9.86. The lowest BCUT2D eigenvalue weighted by Gasteiger charge is -2.12. The van der Waals surface area contributed by atoms with Gasteiger partial charge in [-0.1, -0.05) is 31.2 Å². The van der Waals surface area contributed by atoms with Crippen LogP contribution in [0.15, 0.2) is 41.4 Å². The van der Waals surface area contributed by atoms with Crippen molar-refractivity contribution < 1.29 is 8.42 Å². The Morgan fingerprint density at radius 1 is 1.00 bits per heavy atom. The first-order valence-corrected chi connectivity index (χ1v) is 11.9. The summed E-state index contributed by atoms with van der Waals surface area (Å²) in [7, 11) is -1.56. The Morgan fingerprint density at radius 2 is 1.59 bits per heavy atom. The molecule has 9 heteroatoms. The third-order valence-corrected chi connectivity index (χ3v) is 6.75. The van der Waals surface area contributed by atoms with Gasteiger partial charge in [-0.2, -0.15) is 0 Å². The van der Waals surface area contributed by atoms with Crippen LogP contribution in [0.3, 0.4) is 0 Å². The normalized spacial score (nSPS) is 12.0. The maximum Gasteiger partial charge on any atom is 0.216 e. The average molecular weight is 551 g/mol. The first kappa shape index (κ1) is 25.9. The maximum atomic E-state index is 12.0. The molecule has 0 aliphatic rings. The Bertz CT molecular complexity index is 878. The number of halogens is 1. The fraction of sp³-hybridized carbons (Fsp3) is 0.450. The standard InChI is InChI=1S/C20H30N4O2S2.HI/c1-5-18-10-11-19(27-18)13-23-20(21-4)22-12-16-6-8-17(9-7-16)14-28(25,26)24-15(2)3;/h6-11,15,24H,5,12-14H2,1-4H3,(H2,21,22,23);1H. The van der Waals surface area contributed by atoms with E-state index >= 15 is 0 Å². The zero-order valence-corrected chi connectivity index (χ0v) is 21.3. The fourth-order valence-electron chi connectivity index (χ4n) is 2.66. The van der Waals surface area contributed by atoms with Gasteiger partial charge in [-0.15, -0.1) is 35.3 Å². The fourth-order valence-corrected chi connectivity index (χ4v) is 4.99. The lowest BCUT2D eigenvalue weighted by Crippen LogP contribution is -2.36. The minimum atomic E-state index is -3.30. The van der Waals surface area contributed by atoms with Crippen LogP contribution in [-0.4, -0.2) is 27.5 Å². The molecule has 0 radical (unpaired) electrons. The molecule has 0 unspecified atom stereocenters. The molecule has 0 spiro atoms. The molecule has 0 saturated carbocycles. The molecule has 2 aromatic rings. The van der Waals surface area contributed by atoms with Gasteiger partial charge in [-0.25, -0.2) is 13.1 Å². The number of sulfonamides is 1. The molecule has 1 heterocycles. The number of aliphatic imine (C=N–C) groups is 1. The molecule has 0 saturated heterocycles. The van der Waals surface area contributed by atoms with E-state index in [0.717, 1.165) is 30.1 Å². The molecule has 2 rings (SSSR count). The summed E-state index contributed by atoms with van der Waals surface area (Å²) in [6.07, 6.45) is 1.06. The van der Waals surface area contributed by atoms with Crippen LogP contribution in [0.25, 0.3) is 0 Å². The van der Waals surface area contributed by atoms with Gasteiger partial charge in [-0.05, 0) is 43.5 Å². The summed E-state index contributed by atoms with van der Waals surface area (Å²) in [6.45, 7) is 7.14. The number of thiophene rings is 1. The summed E-state index contributed by atoms with van der Waals surface area (Å²) < 4.78 is 26.6. The Labute approximate surface area is 195 Å². The van der Waals surface area contributed by atoms with E-state index in [0.29, 0.717) is 6.54 Å². The Kier molecular flexibility index (Phi) is 11.2. The summed E-state index contributed by atoms with van der Waals surface area (Å²) in [6, 6.07) is 11.8. The highest BCUT2D eigenvalue weighted by Gasteiger charge is 2.12. The van der Waals surface area contributed by atoms with Crippen molar-refractivity contribution in [3.05, 3.63) is 57.3 Å². The summed E-state index contributed by atoms with van der Waals surface area (Å²) in [4.78, 5) is 6.91. The zero-order chi connectivity index (χ0) is 20.6. The molecule has 3 N–H and O–H groups in total.